The number of halogens is 1. The molecule has 4 aromatic rings. The van der Waals surface area contributed by atoms with E-state index in [2.05, 4.69) is 48.2 Å². The van der Waals surface area contributed by atoms with Crippen molar-refractivity contribution in [2.75, 3.05) is 41.4 Å². The third-order valence-corrected chi connectivity index (χ3v) is 9.46. The van der Waals surface area contributed by atoms with Crippen molar-refractivity contribution in [3.05, 3.63) is 94.0 Å². The Morgan fingerprint density at radius 2 is 1.36 bits per heavy atom. The maximum atomic E-state index is 11.4. The number of phenolic OH excluding ortho intramolecular Hbond substituents is 2. The van der Waals surface area contributed by atoms with Crippen LogP contribution in [0, 0.1) is 0 Å². The van der Waals surface area contributed by atoms with Gasteiger partial charge in [0, 0.05) is 30.7 Å². The molecule has 0 saturated heterocycles. The summed E-state index contributed by atoms with van der Waals surface area (Å²) >= 11 is 0. The molecule has 4 aliphatic rings. The summed E-state index contributed by atoms with van der Waals surface area (Å²) in [4.78, 5) is 4.65. The van der Waals surface area contributed by atoms with Crippen LogP contribution in [0.4, 0.5) is 0 Å². The summed E-state index contributed by atoms with van der Waals surface area (Å²) in [6, 6.07) is 19.7. The maximum Gasteiger partial charge on any atom is 0.201 e. The highest BCUT2D eigenvalue weighted by Gasteiger charge is 2.33. The lowest BCUT2D eigenvalue weighted by molar-refractivity contribution is 0.222. The van der Waals surface area contributed by atoms with E-state index in [1.54, 1.807) is 20.3 Å². The number of likely N-dealkylation sites (N-methyl/N-ethyl adjacent to an activating group) is 2. The number of phenols is 2. The van der Waals surface area contributed by atoms with Crippen LogP contribution in [0.25, 0.3) is 0 Å². The van der Waals surface area contributed by atoms with Gasteiger partial charge < -0.3 is 29.2 Å². The molecule has 0 radical (unpaired) electrons. The van der Waals surface area contributed by atoms with Crippen LogP contribution in [-0.2, 0) is 25.7 Å². The van der Waals surface area contributed by atoms with Crippen molar-refractivity contribution in [1.82, 2.24) is 9.80 Å². The van der Waals surface area contributed by atoms with E-state index in [4.69, 9.17) is 18.9 Å². The first-order valence-corrected chi connectivity index (χ1v) is 15.1. The number of fused-ring (bicyclic) bond motifs is 2. The molecule has 0 saturated carbocycles. The lowest BCUT2D eigenvalue weighted by Crippen LogP contribution is -2.34. The number of benzene rings is 4. The third kappa shape index (κ3) is 5.63. The van der Waals surface area contributed by atoms with Crippen LogP contribution in [0.5, 0.6) is 46.0 Å². The zero-order valence-electron chi connectivity index (χ0n) is 26.0. The van der Waals surface area contributed by atoms with Crippen molar-refractivity contribution in [2.45, 2.75) is 37.8 Å². The summed E-state index contributed by atoms with van der Waals surface area (Å²) in [5, 5.41) is 22.3. The molecule has 9 heteroatoms. The first-order valence-electron chi connectivity index (χ1n) is 15.1. The molecular weight excluding hydrogens is 592 g/mol. The minimum Gasteiger partial charge on any atom is -0.504 e. The molecule has 0 amide bonds. The molecule has 4 heterocycles. The largest absolute Gasteiger partial charge is 0.504 e. The number of hydrogen-bond donors (Lipinski definition) is 2. The maximum absolute atomic E-state index is 11.4. The molecule has 8 rings (SSSR count). The van der Waals surface area contributed by atoms with E-state index in [1.165, 1.54) is 16.7 Å². The van der Waals surface area contributed by atoms with Gasteiger partial charge in [-0.2, -0.15) is 0 Å². The average molecular weight is 631 g/mol. The Hall–Kier alpha value is -4.11. The third-order valence-electron chi connectivity index (χ3n) is 9.46. The zero-order chi connectivity index (χ0) is 30.5. The molecular formula is C36H39ClN2O6. The minimum atomic E-state index is -0.101. The summed E-state index contributed by atoms with van der Waals surface area (Å²) in [7, 11) is 7.45. The fraction of sp³-hybridized carbons (Fsp3) is 0.333. The van der Waals surface area contributed by atoms with Crippen LogP contribution in [0.1, 0.15) is 45.5 Å². The number of nitrogens with zero attached hydrogens (tertiary/aromatic N) is 2. The predicted molar refractivity (Wildman–Crippen MR) is 175 cm³/mol. The van der Waals surface area contributed by atoms with Crippen molar-refractivity contribution in [2.24, 2.45) is 0 Å². The van der Waals surface area contributed by atoms with E-state index >= 15 is 0 Å². The molecule has 2 atom stereocenters. The molecule has 0 aliphatic carbocycles. The van der Waals surface area contributed by atoms with Crippen molar-refractivity contribution < 1.29 is 29.2 Å². The Bertz CT molecular complexity index is 1730. The van der Waals surface area contributed by atoms with E-state index in [0.717, 1.165) is 49.0 Å². The first kappa shape index (κ1) is 30.9. The fourth-order valence-electron chi connectivity index (χ4n) is 6.93. The summed E-state index contributed by atoms with van der Waals surface area (Å²) in [5.74, 6) is 3.08. The van der Waals surface area contributed by atoms with Crippen LogP contribution >= 0.6 is 12.4 Å². The Morgan fingerprint density at radius 1 is 0.711 bits per heavy atom. The molecule has 6 bridgehead atoms. The van der Waals surface area contributed by atoms with Gasteiger partial charge in [-0.25, -0.2) is 0 Å². The number of aromatic hydroxyl groups is 2. The predicted octanol–water partition coefficient (Wildman–Crippen LogP) is 6.98. The summed E-state index contributed by atoms with van der Waals surface area (Å²) < 4.78 is 24.3. The second-order valence-corrected chi connectivity index (χ2v) is 12.1. The van der Waals surface area contributed by atoms with Gasteiger partial charge in [0.1, 0.15) is 5.75 Å². The van der Waals surface area contributed by atoms with Crippen molar-refractivity contribution >= 4 is 12.4 Å². The molecule has 236 valence electrons. The van der Waals surface area contributed by atoms with E-state index in [9.17, 15) is 10.2 Å². The lowest BCUT2D eigenvalue weighted by Gasteiger charge is -2.36. The van der Waals surface area contributed by atoms with Gasteiger partial charge in [0.25, 0.3) is 0 Å². The SMILES string of the molecule is COc1cc2c3cc1Oc1cc(ccc1O)C[C@H]1c4c(cc(OC)c(O)c4Oc4ccc(cc4)C[C@@H]3N(C)CC2)CCN1C.Cl. The number of methoxy groups -OCH3 is 2. The van der Waals surface area contributed by atoms with Gasteiger partial charge in [-0.1, -0.05) is 18.2 Å². The highest BCUT2D eigenvalue weighted by atomic mass is 35.5. The minimum absolute atomic E-state index is 0. The molecule has 2 N–H and O–H groups in total. The highest BCUT2D eigenvalue weighted by Crippen LogP contribution is 2.50. The quantitative estimate of drug-likeness (QED) is 0.246. The normalized spacial score (nSPS) is 19.2. The Morgan fingerprint density at radius 3 is 2.09 bits per heavy atom. The smallest absolute Gasteiger partial charge is 0.201 e. The van der Waals surface area contributed by atoms with Crippen molar-refractivity contribution in [3.8, 4) is 46.0 Å². The number of rotatable bonds is 2. The molecule has 4 aliphatic heterocycles. The number of hydrogen-bond acceptors (Lipinski definition) is 8. The molecule has 0 spiro atoms. The van der Waals surface area contributed by atoms with Crippen molar-refractivity contribution in [3.63, 3.8) is 0 Å². The van der Waals surface area contributed by atoms with E-state index in [-0.39, 0.29) is 36.0 Å². The van der Waals surface area contributed by atoms with Crippen LogP contribution in [0.3, 0.4) is 0 Å². The van der Waals surface area contributed by atoms with E-state index < -0.39 is 0 Å². The topological polar surface area (TPSA) is 83.9 Å². The Kier molecular flexibility index (Phi) is 8.48. The van der Waals surface area contributed by atoms with Crippen molar-refractivity contribution in [1.29, 1.82) is 0 Å². The van der Waals surface area contributed by atoms with Gasteiger partial charge in [0.05, 0.1) is 14.2 Å². The van der Waals surface area contributed by atoms with Crippen LogP contribution in [-0.4, -0.2) is 61.4 Å². The molecule has 0 fully saturated rings. The second-order valence-electron chi connectivity index (χ2n) is 12.1. The molecule has 4 aromatic carbocycles. The van der Waals surface area contributed by atoms with Gasteiger partial charge in [0.15, 0.2) is 34.5 Å². The van der Waals surface area contributed by atoms with Gasteiger partial charge in [-0.15, -0.1) is 12.4 Å². The standard InChI is InChI=1S/C36H38N2O6.ClH/c1-37-13-11-23-18-31(41-3)32-20-26(23)27(37)15-21-5-8-25(9-6-21)43-36-34-24(19-33(42-4)35(36)40)12-14-38(2)28(34)16-22-7-10-29(39)30(17-22)44-32;/h5-10,17-20,27-28,39-40H,11-16H2,1-4H3;1H/t27-,28-;/m0./s1. The average Bonchev–Trinajstić information content (AvgIpc) is 3.03. The van der Waals surface area contributed by atoms with Crippen LogP contribution < -0.4 is 18.9 Å². The van der Waals surface area contributed by atoms with Crippen LogP contribution in [0.2, 0.25) is 0 Å². The van der Waals surface area contributed by atoms with E-state index in [0.29, 0.717) is 40.9 Å². The Labute approximate surface area is 270 Å². The summed E-state index contributed by atoms with van der Waals surface area (Å²) in [5.41, 5.74) is 6.58. The number of ether oxygens (including phenoxy) is 4. The second kappa shape index (κ2) is 12.4. The van der Waals surface area contributed by atoms with Gasteiger partial charge in [-0.3, -0.25) is 9.80 Å². The highest BCUT2D eigenvalue weighted by molar-refractivity contribution is 5.85. The van der Waals surface area contributed by atoms with Gasteiger partial charge in [0.2, 0.25) is 5.75 Å². The fourth-order valence-corrected chi connectivity index (χ4v) is 6.93. The van der Waals surface area contributed by atoms with E-state index in [1.807, 2.05) is 30.3 Å². The monoisotopic (exact) mass is 630 g/mol. The van der Waals surface area contributed by atoms with Crippen LogP contribution in [0.15, 0.2) is 60.7 Å². The van der Waals surface area contributed by atoms with Gasteiger partial charge in [-0.05, 0) is 110 Å². The van der Waals surface area contributed by atoms with Gasteiger partial charge >= 0.3 is 0 Å². The molecule has 0 unspecified atom stereocenters. The summed E-state index contributed by atoms with van der Waals surface area (Å²) in [6.45, 7) is 1.77. The summed E-state index contributed by atoms with van der Waals surface area (Å²) in [6.07, 6.45) is 3.11. The molecule has 0 aromatic heterocycles. The molecule has 8 nitrogen and oxygen atoms in total. The lowest BCUT2D eigenvalue weighted by atomic mass is 9.87. The first-order chi connectivity index (χ1) is 21.3. The molecule has 45 heavy (non-hydrogen) atoms. The zero-order valence-corrected chi connectivity index (χ0v) is 26.8. The Balaban J connectivity index is 0.00000357.